The maximum Gasteiger partial charge on any atom is 0.343 e. The van der Waals surface area contributed by atoms with Crippen LogP contribution in [0.25, 0.3) is 0 Å². The van der Waals surface area contributed by atoms with E-state index in [-0.39, 0.29) is 18.1 Å². The van der Waals surface area contributed by atoms with Crippen molar-refractivity contribution < 1.29 is 37.6 Å². The highest BCUT2D eigenvalue weighted by molar-refractivity contribution is 5.96. The Balaban J connectivity index is 1.63. The third kappa shape index (κ3) is 3.76. The SMILES string of the molecule is COc1ccc(NC(=O)[C@@H]2Oc3cc(C)oc(=O)c3[C@H]2c2cc(OC)c3c(c2OC)OCO3)cc1. The number of hydrogen-bond donors (Lipinski definition) is 1. The predicted octanol–water partition coefficient (Wildman–Crippen LogP) is 3.23. The van der Waals surface area contributed by atoms with Crippen LogP contribution < -0.4 is 39.4 Å². The summed E-state index contributed by atoms with van der Waals surface area (Å²) in [5.74, 6) is 1.30. The molecule has 0 saturated carbocycles. The average Bonchev–Trinajstić information content (AvgIpc) is 3.49. The van der Waals surface area contributed by atoms with E-state index < -0.39 is 23.6 Å². The third-order valence-corrected chi connectivity index (χ3v) is 5.91. The standard InChI is InChI=1S/C25H23NO9/c1-12-9-16-19(25(28)34-12)18(15-10-17(30-3)21-23(20(15)31-4)33-11-32-21)22(35-16)24(27)26-13-5-7-14(29-2)8-6-13/h5-10,18,22H,11H2,1-4H3,(H,26,27)/t18-,22-/m1/s1. The van der Waals surface area contributed by atoms with Gasteiger partial charge in [0.25, 0.3) is 5.91 Å². The summed E-state index contributed by atoms with van der Waals surface area (Å²) < 4.78 is 38.9. The minimum Gasteiger partial charge on any atom is -0.497 e. The number of anilines is 1. The second-order valence-corrected chi connectivity index (χ2v) is 7.92. The molecule has 2 aliphatic rings. The topological polar surface area (TPSA) is 115 Å². The van der Waals surface area contributed by atoms with E-state index in [4.69, 9.17) is 32.8 Å². The maximum atomic E-state index is 13.5. The van der Waals surface area contributed by atoms with Crippen LogP contribution in [0, 0.1) is 6.92 Å². The van der Waals surface area contributed by atoms with E-state index in [0.29, 0.717) is 45.8 Å². The van der Waals surface area contributed by atoms with Gasteiger partial charge >= 0.3 is 5.63 Å². The molecule has 0 saturated heterocycles. The summed E-state index contributed by atoms with van der Waals surface area (Å²) in [5.41, 5.74) is 0.582. The summed E-state index contributed by atoms with van der Waals surface area (Å²) in [6, 6.07) is 10.1. The number of rotatable bonds is 6. The Hall–Kier alpha value is -4.34. The van der Waals surface area contributed by atoms with Crippen molar-refractivity contribution in [2.45, 2.75) is 18.9 Å². The molecule has 0 unspecified atom stereocenters. The van der Waals surface area contributed by atoms with Crippen molar-refractivity contribution in [2.24, 2.45) is 0 Å². The normalized spacial score (nSPS) is 17.4. The molecular weight excluding hydrogens is 458 g/mol. The minimum atomic E-state index is -1.12. The van der Waals surface area contributed by atoms with Gasteiger partial charge in [-0.25, -0.2) is 4.79 Å². The Morgan fingerprint density at radius 2 is 1.74 bits per heavy atom. The van der Waals surface area contributed by atoms with E-state index in [1.54, 1.807) is 50.4 Å². The molecule has 0 bridgehead atoms. The van der Waals surface area contributed by atoms with E-state index in [1.165, 1.54) is 14.2 Å². The molecule has 2 atom stereocenters. The van der Waals surface area contributed by atoms with Crippen molar-refractivity contribution in [3.63, 3.8) is 0 Å². The van der Waals surface area contributed by atoms with Crippen LogP contribution in [0.15, 0.2) is 45.6 Å². The number of methoxy groups -OCH3 is 3. The molecule has 10 heteroatoms. The van der Waals surface area contributed by atoms with Crippen molar-refractivity contribution in [1.82, 2.24) is 0 Å². The highest BCUT2D eigenvalue weighted by Gasteiger charge is 2.46. The molecule has 0 aliphatic carbocycles. The zero-order valence-corrected chi connectivity index (χ0v) is 19.5. The van der Waals surface area contributed by atoms with Gasteiger partial charge in [0.1, 0.15) is 17.3 Å². The molecule has 3 heterocycles. The second-order valence-electron chi connectivity index (χ2n) is 7.92. The monoisotopic (exact) mass is 481 g/mol. The van der Waals surface area contributed by atoms with Gasteiger partial charge in [-0.1, -0.05) is 0 Å². The molecule has 3 aromatic rings. The van der Waals surface area contributed by atoms with E-state index in [1.807, 2.05) is 0 Å². The number of aryl methyl sites for hydroxylation is 1. The van der Waals surface area contributed by atoms with Crippen molar-refractivity contribution >= 4 is 11.6 Å². The van der Waals surface area contributed by atoms with E-state index in [2.05, 4.69) is 5.32 Å². The number of nitrogens with one attached hydrogen (secondary N) is 1. The maximum absolute atomic E-state index is 13.5. The predicted molar refractivity (Wildman–Crippen MR) is 123 cm³/mol. The van der Waals surface area contributed by atoms with Crippen molar-refractivity contribution in [1.29, 1.82) is 0 Å². The molecule has 5 rings (SSSR count). The van der Waals surface area contributed by atoms with Crippen LogP contribution >= 0.6 is 0 Å². The lowest BCUT2D eigenvalue weighted by molar-refractivity contribution is -0.122. The van der Waals surface area contributed by atoms with Gasteiger partial charge in [0.15, 0.2) is 17.6 Å². The number of carbonyl (C=O) groups is 1. The van der Waals surface area contributed by atoms with Crippen LogP contribution in [-0.2, 0) is 4.79 Å². The summed E-state index contributed by atoms with van der Waals surface area (Å²) in [5, 5.41) is 2.84. The van der Waals surface area contributed by atoms with Gasteiger partial charge in [-0.3, -0.25) is 4.79 Å². The molecule has 182 valence electrons. The molecule has 10 nitrogen and oxygen atoms in total. The number of amides is 1. The van der Waals surface area contributed by atoms with Gasteiger partial charge in [-0.05, 0) is 37.3 Å². The highest BCUT2D eigenvalue weighted by atomic mass is 16.7. The molecule has 35 heavy (non-hydrogen) atoms. The number of carbonyl (C=O) groups excluding carboxylic acids is 1. The fourth-order valence-electron chi connectivity index (χ4n) is 4.37. The summed E-state index contributed by atoms with van der Waals surface area (Å²) in [4.78, 5) is 26.5. The number of hydrogen-bond acceptors (Lipinski definition) is 9. The first kappa shape index (κ1) is 22.5. The average molecular weight is 481 g/mol. The van der Waals surface area contributed by atoms with Gasteiger partial charge in [0.2, 0.25) is 18.3 Å². The van der Waals surface area contributed by atoms with Crippen LogP contribution in [0.1, 0.15) is 22.8 Å². The Bertz CT molecular complexity index is 1350. The smallest absolute Gasteiger partial charge is 0.343 e. The first-order valence-corrected chi connectivity index (χ1v) is 10.8. The lowest BCUT2D eigenvalue weighted by atomic mass is 9.87. The lowest BCUT2D eigenvalue weighted by Gasteiger charge is -2.22. The van der Waals surface area contributed by atoms with Crippen LogP contribution in [0.5, 0.6) is 34.5 Å². The molecule has 0 fully saturated rings. The van der Waals surface area contributed by atoms with Gasteiger partial charge in [0.05, 0.1) is 32.8 Å². The van der Waals surface area contributed by atoms with E-state index in [0.717, 1.165) is 0 Å². The van der Waals surface area contributed by atoms with Gasteiger partial charge in [-0.15, -0.1) is 0 Å². The molecule has 1 amide bonds. The van der Waals surface area contributed by atoms with Gasteiger partial charge in [0, 0.05) is 17.3 Å². The lowest BCUT2D eigenvalue weighted by Crippen LogP contribution is -2.35. The molecule has 2 aromatic carbocycles. The van der Waals surface area contributed by atoms with Crippen molar-refractivity contribution in [2.75, 3.05) is 33.4 Å². The highest BCUT2D eigenvalue weighted by Crippen LogP contribution is 2.54. The van der Waals surface area contributed by atoms with E-state index >= 15 is 0 Å². The molecular formula is C25H23NO9. The molecule has 1 N–H and O–H groups in total. The summed E-state index contributed by atoms with van der Waals surface area (Å²) in [6.45, 7) is 1.61. The summed E-state index contributed by atoms with van der Waals surface area (Å²) in [6.07, 6.45) is -1.12. The Kier molecular flexibility index (Phi) is 5.64. The molecule has 1 aromatic heterocycles. The van der Waals surface area contributed by atoms with Crippen LogP contribution in [0.3, 0.4) is 0 Å². The van der Waals surface area contributed by atoms with Crippen LogP contribution in [0.2, 0.25) is 0 Å². The summed E-state index contributed by atoms with van der Waals surface area (Å²) in [7, 11) is 4.51. The second kappa shape index (κ2) is 8.79. The van der Waals surface area contributed by atoms with Crippen molar-refractivity contribution in [3.05, 3.63) is 63.7 Å². The number of fused-ring (bicyclic) bond motifs is 2. The number of ether oxygens (including phenoxy) is 6. The quantitative estimate of drug-likeness (QED) is 0.567. The van der Waals surface area contributed by atoms with Crippen molar-refractivity contribution in [3.8, 4) is 34.5 Å². The first-order chi connectivity index (χ1) is 16.9. The molecule has 0 spiro atoms. The number of benzene rings is 2. The molecule has 0 radical (unpaired) electrons. The summed E-state index contributed by atoms with van der Waals surface area (Å²) >= 11 is 0. The van der Waals surface area contributed by atoms with Crippen LogP contribution in [0.4, 0.5) is 5.69 Å². The first-order valence-electron chi connectivity index (χ1n) is 10.8. The Morgan fingerprint density at radius 1 is 1.00 bits per heavy atom. The molecule has 2 aliphatic heterocycles. The van der Waals surface area contributed by atoms with Gasteiger partial charge in [-0.2, -0.15) is 0 Å². The third-order valence-electron chi connectivity index (χ3n) is 5.91. The Labute approximate surface area is 200 Å². The minimum absolute atomic E-state index is 0.0218. The fourth-order valence-corrected chi connectivity index (χ4v) is 4.37. The largest absolute Gasteiger partial charge is 0.497 e. The fraction of sp³-hybridized carbons (Fsp3) is 0.280. The van der Waals surface area contributed by atoms with E-state index in [9.17, 15) is 9.59 Å². The van der Waals surface area contributed by atoms with Gasteiger partial charge < -0.3 is 38.2 Å². The zero-order valence-electron chi connectivity index (χ0n) is 19.5. The van der Waals surface area contributed by atoms with Crippen LogP contribution in [-0.4, -0.2) is 40.1 Å². The zero-order chi connectivity index (χ0) is 24.7. The Morgan fingerprint density at radius 3 is 2.43 bits per heavy atom.